The summed E-state index contributed by atoms with van der Waals surface area (Å²) in [5.74, 6) is -0.162. The van der Waals surface area contributed by atoms with Gasteiger partial charge in [-0.3, -0.25) is 9.59 Å². The quantitative estimate of drug-likeness (QED) is 0.280. The highest BCUT2D eigenvalue weighted by molar-refractivity contribution is 6.10. The Hall–Kier alpha value is -3.12. The van der Waals surface area contributed by atoms with Gasteiger partial charge >= 0.3 is 0 Å². The van der Waals surface area contributed by atoms with Crippen molar-refractivity contribution in [2.45, 2.75) is 78.4 Å². The molecule has 0 aliphatic rings. The van der Waals surface area contributed by atoms with E-state index in [-0.39, 0.29) is 32.1 Å². The molecule has 0 fully saturated rings. The van der Waals surface area contributed by atoms with E-state index in [0.717, 1.165) is 5.39 Å². The zero-order chi connectivity index (χ0) is 28.3. The number of fused-ring (bicyclic) bond motifs is 3. The molecule has 1 aromatic carbocycles. The SMILES string of the molecule is CCOCc1nc2c(NC(=O)CNC(=O)C(C)(C)OCC(C)(C)O)nc3ccccc3c2n1CC(C)(C)O. The van der Waals surface area contributed by atoms with Crippen molar-refractivity contribution in [3.05, 3.63) is 30.1 Å². The predicted octanol–water partition coefficient (Wildman–Crippen LogP) is 2.51. The summed E-state index contributed by atoms with van der Waals surface area (Å²) in [5, 5.41) is 26.7. The smallest absolute Gasteiger partial charge is 0.252 e. The van der Waals surface area contributed by atoms with Gasteiger partial charge in [0, 0.05) is 12.0 Å². The lowest BCUT2D eigenvalue weighted by Gasteiger charge is -2.28. The highest BCUT2D eigenvalue weighted by Gasteiger charge is 2.31. The average molecular weight is 530 g/mol. The molecule has 2 amide bonds. The minimum absolute atomic E-state index is 0.0456. The van der Waals surface area contributed by atoms with Crippen LogP contribution in [0.2, 0.25) is 0 Å². The Morgan fingerprint density at radius 3 is 2.34 bits per heavy atom. The Morgan fingerprint density at radius 1 is 1.03 bits per heavy atom. The summed E-state index contributed by atoms with van der Waals surface area (Å²) in [6, 6.07) is 7.49. The van der Waals surface area contributed by atoms with Crippen molar-refractivity contribution in [3.8, 4) is 0 Å². The number of carbonyl (C=O) groups is 2. The van der Waals surface area contributed by atoms with Gasteiger partial charge in [-0.1, -0.05) is 18.2 Å². The monoisotopic (exact) mass is 529 g/mol. The van der Waals surface area contributed by atoms with Crippen LogP contribution in [-0.2, 0) is 32.2 Å². The number of benzene rings is 1. The number of pyridine rings is 1. The van der Waals surface area contributed by atoms with Crippen LogP contribution in [0.4, 0.5) is 5.82 Å². The Labute approximate surface area is 222 Å². The van der Waals surface area contributed by atoms with E-state index < -0.39 is 28.6 Å². The molecule has 0 saturated heterocycles. The van der Waals surface area contributed by atoms with Crippen LogP contribution in [0.1, 0.15) is 54.3 Å². The number of hydrogen-bond acceptors (Lipinski definition) is 8. The van der Waals surface area contributed by atoms with E-state index in [4.69, 9.17) is 14.5 Å². The number of amides is 2. The van der Waals surface area contributed by atoms with Crippen LogP contribution in [-0.4, -0.2) is 73.1 Å². The molecule has 38 heavy (non-hydrogen) atoms. The summed E-state index contributed by atoms with van der Waals surface area (Å²) in [7, 11) is 0. The second-order valence-corrected chi connectivity index (χ2v) is 11.1. The standard InChI is InChI=1S/C27H39N5O6/c1-8-37-14-19-30-21-22(32(19)15-25(2,3)35)17-11-9-10-12-18(17)29-23(21)31-20(33)13-28-24(34)27(6,7)38-16-26(4,5)36/h9-12,35-36H,8,13-16H2,1-7H3,(H,28,34)(H,29,31,33). The number of para-hydroxylation sites is 1. The van der Waals surface area contributed by atoms with E-state index in [9.17, 15) is 19.8 Å². The van der Waals surface area contributed by atoms with Gasteiger partial charge in [0.25, 0.3) is 5.91 Å². The fourth-order valence-corrected chi connectivity index (χ4v) is 3.80. The van der Waals surface area contributed by atoms with Crippen molar-refractivity contribution in [2.24, 2.45) is 0 Å². The maximum Gasteiger partial charge on any atom is 0.252 e. The molecule has 3 rings (SSSR count). The third kappa shape index (κ3) is 7.47. The minimum atomic E-state index is -1.25. The van der Waals surface area contributed by atoms with Crippen LogP contribution in [0.25, 0.3) is 21.9 Å². The first kappa shape index (κ1) is 29.4. The number of anilines is 1. The molecule has 11 nitrogen and oxygen atoms in total. The maximum absolute atomic E-state index is 12.9. The summed E-state index contributed by atoms with van der Waals surface area (Å²) >= 11 is 0. The van der Waals surface area contributed by atoms with Gasteiger partial charge in [-0.05, 0) is 54.5 Å². The predicted molar refractivity (Wildman–Crippen MR) is 145 cm³/mol. The van der Waals surface area contributed by atoms with Gasteiger partial charge in [0.1, 0.15) is 23.5 Å². The molecule has 2 heterocycles. The Kier molecular flexibility index (Phi) is 8.77. The van der Waals surface area contributed by atoms with E-state index in [0.29, 0.717) is 29.0 Å². The molecule has 2 aromatic heterocycles. The van der Waals surface area contributed by atoms with Gasteiger partial charge in [0.05, 0.1) is 41.9 Å². The van der Waals surface area contributed by atoms with E-state index in [2.05, 4.69) is 15.6 Å². The molecule has 4 N–H and O–H groups in total. The first-order chi connectivity index (χ1) is 17.6. The highest BCUT2D eigenvalue weighted by atomic mass is 16.5. The summed E-state index contributed by atoms with van der Waals surface area (Å²) in [6.45, 7) is 12.2. The molecular formula is C27H39N5O6. The summed E-state index contributed by atoms with van der Waals surface area (Å²) < 4.78 is 13.1. The van der Waals surface area contributed by atoms with Crippen molar-refractivity contribution < 1.29 is 29.3 Å². The van der Waals surface area contributed by atoms with Crippen LogP contribution in [0.3, 0.4) is 0 Å². The van der Waals surface area contributed by atoms with E-state index in [1.807, 2.05) is 35.8 Å². The fraction of sp³-hybridized carbons (Fsp3) is 0.556. The van der Waals surface area contributed by atoms with Gasteiger partial charge < -0.3 is 34.9 Å². The molecule has 0 unspecified atom stereocenters. The molecule has 0 spiro atoms. The zero-order valence-corrected chi connectivity index (χ0v) is 23.2. The number of nitrogens with one attached hydrogen (secondary N) is 2. The van der Waals surface area contributed by atoms with Gasteiger partial charge in [-0.25, -0.2) is 9.97 Å². The van der Waals surface area contributed by atoms with Crippen molar-refractivity contribution in [3.63, 3.8) is 0 Å². The first-order valence-electron chi connectivity index (χ1n) is 12.6. The van der Waals surface area contributed by atoms with Gasteiger partial charge in [-0.15, -0.1) is 0 Å². The second kappa shape index (κ2) is 11.3. The van der Waals surface area contributed by atoms with E-state index in [1.165, 1.54) is 0 Å². The molecule has 208 valence electrons. The third-order valence-electron chi connectivity index (χ3n) is 5.64. The van der Waals surface area contributed by atoms with Crippen molar-refractivity contribution in [2.75, 3.05) is 25.1 Å². The summed E-state index contributed by atoms with van der Waals surface area (Å²) in [4.78, 5) is 34.9. The first-order valence-corrected chi connectivity index (χ1v) is 12.6. The molecule has 3 aromatic rings. The number of imidazole rings is 1. The molecule has 0 bridgehead atoms. The largest absolute Gasteiger partial charge is 0.389 e. The van der Waals surface area contributed by atoms with Crippen LogP contribution >= 0.6 is 0 Å². The van der Waals surface area contributed by atoms with Crippen molar-refractivity contribution in [1.29, 1.82) is 0 Å². The van der Waals surface area contributed by atoms with Crippen molar-refractivity contribution >= 4 is 39.6 Å². The van der Waals surface area contributed by atoms with Crippen LogP contribution in [0, 0.1) is 0 Å². The Balaban J connectivity index is 1.91. The van der Waals surface area contributed by atoms with Gasteiger partial charge in [0.2, 0.25) is 5.91 Å². The van der Waals surface area contributed by atoms with Crippen LogP contribution in [0.5, 0.6) is 0 Å². The summed E-state index contributed by atoms with van der Waals surface area (Å²) in [6.07, 6.45) is 0. The van der Waals surface area contributed by atoms with Crippen molar-refractivity contribution in [1.82, 2.24) is 19.9 Å². The number of nitrogens with zero attached hydrogens (tertiary/aromatic N) is 3. The van der Waals surface area contributed by atoms with E-state index in [1.54, 1.807) is 41.5 Å². The number of aliphatic hydroxyl groups is 2. The lowest BCUT2D eigenvalue weighted by Crippen LogP contribution is -2.48. The normalized spacial score (nSPS) is 12.8. The Morgan fingerprint density at radius 2 is 1.71 bits per heavy atom. The van der Waals surface area contributed by atoms with E-state index >= 15 is 0 Å². The number of hydrogen-bond donors (Lipinski definition) is 4. The van der Waals surface area contributed by atoms with Crippen LogP contribution < -0.4 is 10.6 Å². The second-order valence-electron chi connectivity index (χ2n) is 11.1. The number of aromatic nitrogens is 3. The minimum Gasteiger partial charge on any atom is -0.389 e. The molecule has 0 aliphatic heterocycles. The lowest BCUT2D eigenvalue weighted by atomic mass is 10.1. The molecule has 0 atom stereocenters. The van der Waals surface area contributed by atoms with Gasteiger partial charge in [0.15, 0.2) is 5.82 Å². The average Bonchev–Trinajstić information content (AvgIpc) is 3.16. The van der Waals surface area contributed by atoms with Gasteiger partial charge in [-0.2, -0.15) is 0 Å². The molecule has 0 radical (unpaired) electrons. The molecule has 11 heteroatoms. The maximum atomic E-state index is 12.9. The third-order valence-corrected chi connectivity index (χ3v) is 5.64. The fourth-order valence-electron chi connectivity index (χ4n) is 3.80. The number of ether oxygens (including phenoxy) is 2. The lowest BCUT2D eigenvalue weighted by molar-refractivity contribution is -0.150. The molecular weight excluding hydrogens is 490 g/mol. The zero-order valence-electron chi connectivity index (χ0n) is 23.2. The topological polar surface area (TPSA) is 148 Å². The molecule has 0 aliphatic carbocycles. The highest BCUT2D eigenvalue weighted by Crippen LogP contribution is 2.31. The number of carbonyl (C=O) groups excluding carboxylic acids is 2. The number of rotatable bonds is 12. The van der Waals surface area contributed by atoms with Crippen LogP contribution in [0.15, 0.2) is 24.3 Å². The summed E-state index contributed by atoms with van der Waals surface area (Å²) in [5.41, 5.74) is -1.58. The molecule has 0 saturated carbocycles. The Bertz CT molecular complexity index is 1300.